The van der Waals surface area contributed by atoms with Gasteiger partial charge in [0.2, 0.25) is 11.9 Å². The molecule has 1 aromatic carbocycles. The molecule has 2 aliphatic heterocycles. The van der Waals surface area contributed by atoms with Crippen LogP contribution in [0.3, 0.4) is 0 Å². The lowest BCUT2D eigenvalue weighted by Crippen LogP contribution is -2.51. The Labute approximate surface area is 351 Å². The van der Waals surface area contributed by atoms with Crippen molar-refractivity contribution in [1.29, 1.82) is 0 Å². The van der Waals surface area contributed by atoms with Crippen molar-refractivity contribution in [3.05, 3.63) is 53.5 Å². The number of hydrogen-bond donors (Lipinski definition) is 7. The van der Waals surface area contributed by atoms with Gasteiger partial charge in [-0.2, -0.15) is 4.98 Å². The molecule has 0 unspecified atom stereocenters. The van der Waals surface area contributed by atoms with Crippen LogP contribution in [-0.2, 0) is 36.9 Å². The Morgan fingerprint density at radius 1 is 0.900 bits per heavy atom. The van der Waals surface area contributed by atoms with Crippen LogP contribution >= 0.6 is 0 Å². The Morgan fingerprint density at radius 3 is 2.42 bits per heavy atom. The minimum atomic E-state index is -1.00. The summed E-state index contributed by atoms with van der Waals surface area (Å²) >= 11 is 0. The average Bonchev–Trinajstić information content (AvgIpc) is 3.88. The first-order valence-electron chi connectivity index (χ1n) is 20.7. The molecule has 0 atom stereocenters. The number of urea groups is 1. The number of nitrogens with zero attached hydrogens (tertiary/aromatic N) is 6. The van der Waals surface area contributed by atoms with Crippen molar-refractivity contribution in [2.75, 3.05) is 110 Å². The maximum absolute atomic E-state index is 12.8. The fraction of sp³-hybridized carbons (Fsp3) is 0.575. The first-order chi connectivity index (χ1) is 29.2. The van der Waals surface area contributed by atoms with Crippen molar-refractivity contribution in [2.24, 2.45) is 0 Å². The molecular formula is C40H62N12O8. The molecule has 0 spiro atoms. The number of carbonyl (C=O) groups excluding carboxylic acids is 2. The van der Waals surface area contributed by atoms with Gasteiger partial charge in [-0.05, 0) is 24.1 Å². The number of hydrazine groups is 2. The Morgan fingerprint density at radius 2 is 1.67 bits per heavy atom. The van der Waals surface area contributed by atoms with E-state index in [1.807, 2.05) is 23.4 Å². The lowest BCUT2D eigenvalue weighted by Gasteiger charge is -2.34. The Balaban J connectivity index is 0.897. The molecule has 20 nitrogen and oxygen atoms in total. The number of benzene rings is 1. The molecule has 2 aromatic heterocycles. The highest BCUT2D eigenvalue weighted by Gasteiger charge is 2.22. The van der Waals surface area contributed by atoms with E-state index in [-0.39, 0.29) is 37.3 Å². The minimum Gasteiger partial charge on any atom is -0.496 e. The quantitative estimate of drug-likeness (QED) is 0.0542. The topological polar surface area (TPSA) is 235 Å². The van der Waals surface area contributed by atoms with E-state index in [0.717, 1.165) is 84.9 Å². The lowest BCUT2D eigenvalue weighted by atomic mass is 10.1. The average molecular weight is 839 g/mol. The van der Waals surface area contributed by atoms with Crippen molar-refractivity contribution < 1.29 is 38.4 Å². The summed E-state index contributed by atoms with van der Waals surface area (Å²) in [5.74, 6) is 0.493. The van der Waals surface area contributed by atoms with Crippen LogP contribution in [0, 0.1) is 0 Å². The third-order valence-electron chi connectivity index (χ3n) is 9.92. The molecular weight excluding hydrogens is 777 g/mol. The molecule has 0 radical (unpaired) electrons. The Hall–Kier alpha value is -5.41. The van der Waals surface area contributed by atoms with Crippen LogP contribution < -0.4 is 37.4 Å². The Bertz CT molecular complexity index is 1850. The van der Waals surface area contributed by atoms with Gasteiger partial charge in [0.1, 0.15) is 11.3 Å². The van der Waals surface area contributed by atoms with E-state index in [0.29, 0.717) is 72.4 Å². The molecule has 1 fully saturated rings. The summed E-state index contributed by atoms with van der Waals surface area (Å²) in [5.41, 5.74) is 16.6. The van der Waals surface area contributed by atoms with Gasteiger partial charge in [0.25, 0.3) is 0 Å². The molecule has 1 saturated heterocycles. The number of carbonyl (C=O) groups is 3. The van der Waals surface area contributed by atoms with Crippen molar-refractivity contribution >= 4 is 40.7 Å². The molecule has 20 heteroatoms. The fourth-order valence-corrected chi connectivity index (χ4v) is 6.69. The number of carboxylic acids is 1. The number of rotatable bonds is 27. The summed E-state index contributed by atoms with van der Waals surface area (Å²) < 4.78 is 24.8. The second kappa shape index (κ2) is 24.6. The number of nitrogen functional groups attached to an aromatic ring is 1. The van der Waals surface area contributed by atoms with Gasteiger partial charge in [-0.15, -0.1) is 5.53 Å². The van der Waals surface area contributed by atoms with E-state index >= 15 is 0 Å². The SMILES string of the molecule is CCCCCNc1nc(N)nc2ccn(Cc3ccc(CN4CCN(C(=O)NCCOCCOCCOCCN5C=C(CNC(=O)CCC(=O)O)NN5)CC4)cc3OC)c12. The number of carboxylic acid groups (broad SMARTS) is 1. The van der Waals surface area contributed by atoms with Crippen LogP contribution in [-0.4, -0.2) is 151 Å². The monoisotopic (exact) mass is 838 g/mol. The molecule has 8 N–H and O–H groups in total. The van der Waals surface area contributed by atoms with Crippen molar-refractivity contribution in [1.82, 2.24) is 50.9 Å². The molecule has 330 valence electrons. The fourth-order valence-electron chi connectivity index (χ4n) is 6.69. The van der Waals surface area contributed by atoms with Gasteiger partial charge in [-0.3, -0.25) is 19.5 Å². The molecule has 2 aliphatic rings. The van der Waals surface area contributed by atoms with Gasteiger partial charge in [-0.1, -0.05) is 31.9 Å². The number of methoxy groups -OCH3 is 1. The summed E-state index contributed by atoms with van der Waals surface area (Å²) in [7, 11) is 1.70. The largest absolute Gasteiger partial charge is 0.496 e. The summed E-state index contributed by atoms with van der Waals surface area (Å²) in [5, 5.41) is 19.5. The maximum Gasteiger partial charge on any atom is 0.317 e. The van der Waals surface area contributed by atoms with Gasteiger partial charge in [-0.25, -0.2) is 9.78 Å². The molecule has 60 heavy (non-hydrogen) atoms. The maximum atomic E-state index is 12.8. The van der Waals surface area contributed by atoms with E-state index in [9.17, 15) is 14.4 Å². The number of nitrogens with two attached hydrogens (primary N) is 1. The van der Waals surface area contributed by atoms with Gasteiger partial charge in [0.15, 0.2) is 5.82 Å². The molecule has 0 aliphatic carbocycles. The van der Waals surface area contributed by atoms with Gasteiger partial charge in [0.05, 0.1) is 84.0 Å². The standard InChI is InChI=1S/C40H62N12O8/c1-3-4-5-11-42-38-37-33(45-39(41)46-38)10-13-51(37)28-31-7-6-30(25-34(31)57-2)27-49-14-16-50(17-15-49)40(56)43-12-19-58-21-23-60-24-22-59-20-18-52-29-32(47-48-52)26-44-35(53)8-9-36(54)55/h6-7,10,13,25,29,47-48H,3-5,8-9,11-12,14-24,26-28H2,1-2H3,(H,43,56)(H,44,53)(H,54,55)(H3,41,42,45,46). The number of fused-ring (bicyclic) bond motifs is 1. The van der Waals surface area contributed by atoms with Crippen molar-refractivity contribution in [2.45, 2.75) is 52.1 Å². The van der Waals surface area contributed by atoms with Crippen LogP contribution in [0.1, 0.15) is 50.2 Å². The summed E-state index contributed by atoms with van der Waals surface area (Å²) in [6.07, 6.45) is 6.92. The van der Waals surface area contributed by atoms with Crippen LogP contribution in [0.25, 0.3) is 11.0 Å². The second-order valence-corrected chi connectivity index (χ2v) is 14.5. The van der Waals surface area contributed by atoms with E-state index in [1.165, 1.54) is 0 Å². The highest BCUT2D eigenvalue weighted by Crippen LogP contribution is 2.27. The van der Waals surface area contributed by atoms with Gasteiger partial charge >= 0.3 is 12.0 Å². The highest BCUT2D eigenvalue weighted by molar-refractivity contribution is 5.87. The zero-order valence-electron chi connectivity index (χ0n) is 34.9. The number of hydrogen-bond acceptors (Lipinski definition) is 15. The zero-order chi connectivity index (χ0) is 42.5. The molecule has 4 heterocycles. The summed E-state index contributed by atoms with van der Waals surface area (Å²) in [4.78, 5) is 48.2. The number of piperazine rings is 1. The van der Waals surface area contributed by atoms with Crippen molar-refractivity contribution in [3.63, 3.8) is 0 Å². The van der Waals surface area contributed by atoms with Crippen LogP contribution in [0.15, 0.2) is 42.4 Å². The van der Waals surface area contributed by atoms with E-state index < -0.39 is 5.97 Å². The smallest absolute Gasteiger partial charge is 0.317 e. The van der Waals surface area contributed by atoms with Crippen LogP contribution in [0.2, 0.25) is 0 Å². The molecule has 3 amide bonds. The minimum absolute atomic E-state index is 0.0571. The highest BCUT2D eigenvalue weighted by atomic mass is 16.5. The predicted molar refractivity (Wildman–Crippen MR) is 226 cm³/mol. The van der Waals surface area contributed by atoms with Crippen LogP contribution in [0.4, 0.5) is 16.6 Å². The third kappa shape index (κ3) is 15.0. The molecule has 3 aromatic rings. The summed E-state index contributed by atoms with van der Waals surface area (Å²) in [6.45, 7) is 11.0. The van der Waals surface area contributed by atoms with Gasteiger partial charge < -0.3 is 60.6 Å². The second-order valence-electron chi connectivity index (χ2n) is 14.5. The number of aliphatic carboxylic acids is 1. The molecule has 0 bridgehead atoms. The number of ether oxygens (including phenoxy) is 4. The number of aromatic nitrogens is 3. The Kier molecular flexibility index (Phi) is 18.7. The van der Waals surface area contributed by atoms with E-state index in [1.54, 1.807) is 12.1 Å². The third-order valence-corrected chi connectivity index (χ3v) is 9.92. The molecule has 5 rings (SSSR count). The number of unbranched alkanes of at least 4 members (excludes halogenated alkanes) is 2. The number of anilines is 2. The van der Waals surface area contributed by atoms with Crippen LogP contribution in [0.5, 0.6) is 5.75 Å². The first kappa shape index (κ1) is 45.7. The number of nitrogens with one attached hydrogen (secondary N) is 5. The van der Waals surface area contributed by atoms with E-state index in [2.05, 4.69) is 71.5 Å². The molecule has 0 saturated carbocycles. The predicted octanol–water partition coefficient (Wildman–Crippen LogP) is 1.70. The lowest BCUT2D eigenvalue weighted by molar-refractivity contribution is -0.138. The summed E-state index contributed by atoms with van der Waals surface area (Å²) in [6, 6.07) is 8.23. The van der Waals surface area contributed by atoms with Crippen molar-refractivity contribution in [3.8, 4) is 5.75 Å². The van der Waals surface area contributed by atoms with E-state index in [4.69, 9.17) is 29.8 Å². The van der Waals surface area contributed by atoms with Gasteiger partial charge in [0, 0.05) is 70.2 Å². The number of amides is 3. The zero-order valence-corrected chi connectivity index (χ0v) is 34.9. The first-order valence-corrected chi connectivity index (χ1v) is 20.7. The normalized spacial score (nSPS) is 14.3.